The third-order valence-electron chi connectivity index (χ3n) is 3.68. The van der Waals surface area contributed by atoms with Gasteiger partial charge >= 0.3 is 5.97 Å². The summed E-state index contributed by atoms with van der Waals surface area (Å²) in [6.45, 7) is 2.83. The number of thioether (sulfide) groups is 1. The lowest BCUT2D eigenvalue weighted by Gasteiger charge is -2.09. The summed E-state index contributed by atoms with van der Waals surface area (Å²) in [6, 6.07) is 13.2. The van der Waals surface area contributed by atoms with Gasteiger partial charge in [-0.1, -0.05) is 19.1 Å². The Morgan fingerprint density at radius 2 is 1.68 bits per heavy atom. The van der Waals surface area contributed by atoms with Gasteiger partial charge in [-0.3, -0.25) is 14.4 Å². The van der Waals surface area contributed by atoms with E-state index in [2.05, 4.69) is 5.32 Å². The van der Waals surface area contributed by atoms with Crippen LogP contribution < -0.4 is 5.32 Å². The van der Waals surface area contributed by atoms with Crippen LogP contribution in [0, 0.1) is 0 Å². The summed E-state index contributed by atoms with van der Waals surface area (Å²) >= 11 is 1.25. The Labute approximate surface area is 167 Å². The minimum absolute atomic E-state index is 0.00178. The summed E-state index contributed by atoms with van der Waals surface area (Å²) < 4.78 is 5.15. The molecule has 0 unspecified atom stereocenters. The number of Topliss-reactive ketones (excluding diaryl/α,β-unsaturated/α-hetero) is 2. The average Bonchev–Trinajstić information content (AvgIpc) is 2.70. The number of hydrogen-bond acceptors (Lipinski definition) is 6. The molecule has 1 N–H and O–H groups in total. The first-order valence-corrected chi connectivity index (χ1v) is 9.70. The fourth-order valence-corrected chi connectivity index (χ4v) is 3.06. The Morgan fingerprint density at radius 3 is 2.32 bits per heavy atom. The summed E-state index contributed by atoms with van der Waals surface area (Å²) in [5, 5.41) is 2.69. The number of rotatable bonds is 9. The van der Waals surface area contributed by atoms with E-state index in [0.717, 1.165) is 0 Å². The van der Waals surface area contributed by atoms with Crippen LogP contribution in [0.1, 0.15) is 41.0 Å². The molecule has 0 atom stereocenters. The molecule has 2 aromatic rings. The molecule has 2 aromatic carbocycles. The van der Waals surface area contributed by atoms with Gasteiger partial charge in [0.15, 0.2) is 12.4 Å². The molecular weight excluding hydrogens is 378 g/mol. The Hall–Kier alpha value is -2.93. The fraction of sp³-hybridized carbons (Fsp3) is 0.238. The van der Waals surface area contributed by atoms with Gasteiger partial charge in [0.2, 0.25) is 5.91 Å². The van der Waals surface area contributed by atoms with Crippen molar-refractivity contribution in [3.8, 4) is 0 Å². The van der Waals surface area contributed by atoms with Crippen molar-refractivity contribution in [1.29, 1.82) is 0 Å². The van der Waals surface area contributed by atoms with E-state index < -0.39 is 12.6 Å². The maximum Gasteiger partial charge on any atom is 0.339 e. The van der Waals surface area contributed by atoms with Crippen LogP contribution in [-0.2, 0) is 14.3 Å². The van der Waals surface area contributed by atoms with Crippen molar-refractivity contribution in [3.63, 3.8) is 0 Å². The molecule has 0 bridgehead atoms. The Kier molecular flexibility index (Phi) is 7.95. The van der Waals surface area contributed by atoms with Crippen LogP contribution in [0.3, 0.4) is 0 Å². The lowest BCUT2D eigenvalue weighted by molar-refractivity contribution is -0.116. The second-order valence-electron chi connectivity index (χ2n) is 5.97. The van der Waals surface area contributed by atoms with Gasteiger partial charge in [-0.2, -0.15) is 0 Å². The van der Waals surface area contributed by atoms with E-state index in [9.17, 15) is 19.2 Å². The highest BCUT2D eigenvalue weighted by Crippen LogP contribution is 2.23. The largest absolute Gasteiger partial charge is 0.454 e. The number of esters is 1. The first-order valence-electron chi connectivity index (χ1n) is 8.72. The van der Waals surface area contributed by atoms with Gasteiger partial charge < -0.3 is 10.1 Å². The lowest BCUT2D eigenvalue weighted by atomic mass is 10.1. The minimum atomic E-state index is -0.619. The summed E-state index contributed by atoms with van der Waals surface area (Å²) in [6.07, 6.45) is 0.364. The molecule has 7 heteroatoms. The standard InChI is InChI=1S/C21H21NO5S/c1-3-20(25)22-16-10-8-15(9-11-16)18(24)12-27-21(26)17-6-4-5-7-19(17)28-13-14(2)23/h4-11H,3,12-13H2,1-2H3,(H,22,25). The molecule has 2 rings (SSSR count). The third kappa shape index (κ3) is 6.35. The van der Waals surface area contributed by atoms with Gasteiger partial charge in [0, 0.05) is 22.6 Å². The van der Waals surface area contributed by atoms with E-state index in [4.69, 9.17) is 4.74 Å². The van der Waals surface area contributed by atoms with Crippen molar-refractivity contribution in [2.24, 2.45) is 0 Å². The molecule has 0 heterocycles. The molecule has 1 amide bonds. The normalized spacial score (nSPS) is 10.2. The van der Waals surface area contributed by atoms with Crippen LogP contribution in [0.4, 0.5) is 5.69 Å². The van der Waals surface area contributed by atoms with Crippen LogP contribution in [0.5, 0.6) is 0 Å². The molecule has 0 spiro atoms. The number of carbonyl (C=O) groups is 4. The van der Waals surface area contributed by atoms with Crippen molar-refractivity contribution in [1.82, 2.24) is 0 Å². The third-order valence-corrected chi connectivity index (χ3v) is 4.90. The predicted octanol–water partition coefficient (Wildman–Crippen LogP) is 3.76. The molecule has 6 nitrogen and oxygen atoms in total. The molecule has 0 aliphatic carbocycles. The number of nitrogens with one attached hydrogen (secondary N) is 1. The molecule has 28 heavy (non-hydrogen) atoms. The Bertz CT molecular complexity index is 877. The van der Waals surface area contributed by atoms with E-state index in [-0.39, 0.29) is 23.2 Å². The number of benzene rings is 2. The second-order valence-corrected chi connectivity index (χ2v) is 6.98. The number of ether oxygens (including phenoxy) is 1. The van der Waals surface area contributed by atoms with E-state index >= 15 is 0 Å². The molecule has 0 saturated carbocycles. The number of hydrogen-bond donors (Lipinski definition) is 1. The lowest BCUT2D eigenvalue weighted by Crippen LogP contribution is -2.15. The van der Waals surface area contributed by atoms with Gasteiger partial charge in [0.25, 0.3) is 0 Å². The summed E-state index contributed by atoms with van der Waals surface area (Å²) in [4.78, 5) is 47.8. The zero-order valence-electron chi connectivity index (χ0n) is 15.7. The second kappa shape index (κ2) is 10.4. The summed E-state index contributed by atoms with van der Waals surface area (Å²) in [5.74, 6) is -0.830. The van der Waals surface area contributed by atoms with Crippen LogP contribution in [0.15, 0.2) is 53.4 Å². The van der Waals surface area contributed by atoms with Crippen molar-refractivity contribution in [2.45, 2.75) is 25.2 Å². The predicted molar refractivity (Wildman–Crippen MR) is 108 cm³/mol. The molecule has 0 aliphatic rings. The van der Waals surface area contributed by atoms with Gasteiger partial charge in [-0.15, -0.1) is 11.8 Å². The monoisotopic (exact) mass is 399 g/mol. The molecule has 0 aromatic heterocycles. The maximum absolute atomic E-state index is 12.3. The van der Waals surface area contributed by atoms with Crippen molar-refractivity contribution in [2.75, 3.05) is 17.7 Å². The van der Waals surface area contributed by atoms with Crippen LogP contribution in [0.2, 0.25) is 0 Å². The molecule has 0 radical (unpaired) electrons. The summed E-state index contributed by atoms with van der Waals surface area (Å²) in [5.41, 5.74) is 1.29. The number of amides is 1. The number of carbonyl (C=O) groups excluding carboxylic acids is 4. The molecule has 0 aliphatic heterocycles. The molecule has 0 fully saturated rings. The smallest absolute Gasteiger partial charge is 0.339 e. The Morgan fingerprint density at radius 1 is 1.00 bits per heavy atom. The highest BCUT2D eigenvalue weighted by atomic mass is 32.2. The van der Waals surface area contributed by atoms with Crippen molar-refractivity contribution >= 4 is 40.9 Å². The highest BCUT2D eigenvalue weighted by molar-refractivity contribution is 8.00. The van der Waals surface area contributed by atoms with Crippen LogP contribution >= 0.6 is 11.8 Å². The van der Waals surface area contributed by atoms with Crippen molar-refractivity contribution < 1.29 is 23.9 Å². The highest BCUT2D eigenvalue weighted by Gasteiger charge is 2.16. The van der Waals surface area contributed by atoms with E-state index in [1.165, 1.54) is 18.7 Å². The number of anilines is 1. The van der Waals surface area contributed by atoms with E-state index in [0.29, 0.717) is 28.1 Å². The zero-order valence-corrected chi connectivity index (χ0v) is 16.5. The minimum Gasteiger partial charge on any atom is -0.454 e. The topological polar surface area (TPSA) is 89.5 Å². The van der Waals surface area contributed by atoms with Gasteiger partial charge in [0.1, 0.15) is 5.78 Å². The summed E-state index contributed by atoms with van der Waals surface area (Å²) in [7, 11) is 0. The molecular formula is C21H21NO5S. The maximum atomic E-state index is 12.3. The SMILES string of the molecule is CCC(=O)Nc1ccc(C(=O)COC(=O)c2ccccc2SCC(C)=O)cc1. The molecule has 146 valence electrons. The van der Waals surface area contributed by atoms with Gasteiger partial charge in [-0.05, 0) is 43.3 Å². The fourth-order valence-electron chi connectivity index (χ4n) is 2.22. The number of ketones is 2. The first-order chi connectivity index (χ1) is 13.4. The zero-order chi connectivity index (χ0) is 20.5. The Balaban J connectivity index is 1.96. The quantitative estimate of drug-likeness (QED) is 0.392. The van der Waals surface area contributed by atoms with E-state index in [1.54, 1.807) is 55.5 Å². The van der Waals surface area contributed by atoms with Gasteiger partial charge in [-0.25, -0.2) is 4.79 Å². The van der Waals surface area contributed by atoms with Gasteiger partial charge in [0.05, 0.1) is 11.3 Å². The first kappa shape index (κ1) is 21.4. The van der Waals surface area contributed by atoms with Crippen LogP contribution in [0.25, 0.3) is 0 Å². The van der Waals surface area contributed by atoms with E-state index in [1.807, 2.05) is 0 Å². The van der Waals surface area contributed by atoms with Crippen molar-refractivity contribution in [3.05, 3.63) is 59.7 Å². The average molecular weight is 399 g/mol. The van der Waals surface area contributed by atoms with Crippen LogP contribution in [-0.4, -0.2) is 35.8 Å². The molecule has 0 saturated heterocycles.